The lowest BCUT2D eigenvalue weighted by molar-refractivity contribution is 0.0596. The number of anilines is 2. The van der Waals surface area contributed by atoms with E-state index in [1.54, 1.807) is 31.3 Å². The number of methoxy groups -OCH3 is 3. The molecule has 0 atom stereocenters. The average molecular weight is 418 g/mol. The second kappa shape index (κ2) is 8.23. The normalized spacial score (nSPS) is 10.5. The number of nitrogens with zero attached hydrogens (tertiary/aromatic N) is 1. The van der Waals surface area contributed by atoms with E-state index in [4.69, 9.17) is 13.9 Å². The van der Waals surface area contributed by atoms with Crippen LogP contribution in [0.3, 0.4) is 0 Å². The van der Waals surface area contributed by atoms with E-state index in [-0.39, 0.29) is 11.1 Å². The summed E-state index contributed by atoms with van der Waals surface area (Å²) in [6, 6.07) is 7.52. The molecule has 9 nitrogen and oxygen atoms in total. The summed E-state index contributed by atoms with van der Waals surface area (Å²) in [5.41, 5.74) is -0.217. The van der Waals surface area contributed by atoms with Crippen LogP contribution < -0.4 is 25.3 Å². The standard InChI is InChI=1S/C19H18N2O7S/c1-21(19(24)20-10-5-6-12(25-2)13(7-10)26-3)16-9-14-15(29-16)8-11(17(22)27-4)18(23)28-14/h5-9H,1-4H3,(H,20,24). The molecular weight excluding hydrogens is 400 g/mol. The largest absolute Gasteiger partial charge is 0.493 e. The van der Waals surface area contributed by atoms with Gasteiger partial charge in [-0.25, -0.2) is 14.4 Å². The molecule has 0 aliphatic carbocycles. The van der Waals surface area contributed by atoms with Gasteiger partial charge >= 0.3 is 17.6 Å². The molecule has 10 heteroatoms. The molecule has 0 aliphatic heterocycles. The van der Waals surface area contributed by atoms with E-state index >= 15 is 0 Å². The van der Waals surface area contributed by atoms with Crippen molar-refractivity contribution in [3.8, 4) is 11.5 Å². The maximum Gasteiger partial charge on any atom is 0.351 e. The number of ether oxygens (including phenoxy) is 3. The van der Waals surface area contributed by atoms with Gasteiger partial charge in [-0.1, -0.05) is 0 Å². The molecule has 3 rings (SSSR count). The summed E-state index contributed by atoms with van der Waals surface area (Å²) < 4.78 is 20.7. The number of urea groups is 1. The maximum atomic E-state index is 12.6. The number of amides is 2. The molecule has 0 fully saturated rings. The van der Waals surface area contributed by atoms with Crippen LogP contribution in [0.2, 0.25) is 0 Å². The lowest BCUT2D eigenvalue weighted by Crippen LogP contribution is -2.30. The molecular formula is C19H18N2O7S. The van der Waals surface area contributed by atoms with Gasteiger partial charge in [-0.3, -0.25) is 4.90 Å². The van der Waals surface area contributed by atoms with Gasteiger partial charge in [-0.2, -0.15) is 0 Å². The number of hydrogen-bond acceptors (Lipinski definition) is 8. The number of thiophene rings is 1. The summed E-state index contributed by atoms with van der Waals surface area (Å²) >= 11 is 1.19. The Morgan fingerprint density at radius 1 is 1.07 bits per heavy atom. The van der Waals surface area contributed by atoms with Gasteiger partial charge in [0.05, 0.1) is 26.0 Å². The second-order valence-electron chi connectivity index (χ2n) is 5.81. The maximum absolute atomic E-state index is 12.6. The van der Waals surface area contributed by atoms with Crippen molar-refractivity contribution in [3.05, 3.63) is 46.3 Å². The Labute approximate surface area is 169 Å². The first-order valence-corrected chi connectivity index (χ1v) is 9.12. The number of carbonyl (C=O) groups is 2. The zero-order valence-corrected chi connectivity index (χ0v) is 16.9. The SMILES string of the molecule is COC(=O)c1cc2sc(N(C)C(=O)Nc3ccc(OC)c(OC)c3)cc2oc1=O. The van der Waals surface area contributed by atoms with Crippen LogP contribution in [0.4, 0.5) is 15.5 Å². The van der Waals surface area contributed by atoms with Crippen molar-refractivity contribution in [1.82, 2.24) is 0 Å². The molecule has 1 N–H and O–H groups in total. The van der Waals surface area contributed by atoms with Gasteiger partial charge in [-0.15, -0.1) is 11.3 Å². The Balaban J connectivity index is 1.85. The van der Waals surface area contributed by atoms with E-state index in [0.29, 0.717) is 26.9 Å². The van der Waals surface area contributed by atoms with Gasteiger partial charge in [0.15, 0.2) is 17.1 Å². The predicted octanol–water partition coefficient (Wildman–Crippen LogP) is 3.33. The first-order valence-electron chi connectivity index (χ1n) is 8.30. The van der Waals surface area contributed by atoms with Crippen LogP contribution in [0.15, 0.2) is 39.5 Å². The summed E-state index contributed by atoms with van der Waals surface area (Å²) in [5.74, 6) is 0.238. The first-order chi connectivity index (χ1) is 13.9. The molecule has 0 radical (unpaired) electrons. The smallest absolute Gasteiger partial charge is 0.351 e. The van der Waals surface area contributed by atoms with Crippen molar-refractivity contribution >= 4 is 44.3 Å². The van der Waals surface area contributed by atoms with Gasteiger partial charge in [0.25, 0.3) is 0 Å². The van der Waals surface area contributed by atoms with Gasteiger partial charge in [0.2, 0.25) is 0 Å². The number of carbonyl (C=O) groups excluding carboxylic acids is 2. The molecule has 29 heavy (non-hydrogen) atoms. The zero-order chi connectivity index (χ0) is 21.1. The van der Waals surface area contributed by atoms with Gasteiger partial charge in [0, 0.05) is 24.9 Å². The summed E-state index contributed by atoms with van der Waals surface area (Å²) in [6.45, 7) is 0. The van der Waals surface area contributed by atoms with E-state index in [1.165, 1.54) is 43.6 Å². The summed E-state index contributed by atoms with van der Waals surface area (Å²) in [5, 5.41) is 3.27. The van der Waals surface area contributed by atoms with E-state index in [1.807, 2.05) is 0 Å². The molecule has 2 heterocycles. The van der Waals surface area contributed by atoms with Crippen molar-refractivity contribution < 1.29 is 28.2 Å². The van der Waals surface area contributed by atoms with E-state index < -0.39 is 17.6 Å². The number of esters is 1. The van der Waals surface area contributed by atoms with Crippen LogP contribution in [-0.4, -0.2) is 40.4 Å². The van der Waals surface area contributed by atoms with Crippen LogP contribution in [0.25, 0.3) is 10.3 Å². The lowest BCUT2D eigenvalue weighted by Gasteiger charge is -2.16. The third-order valence-electron chi connectivity index (χ3n) is 4.09. The first kappa shape index (κ1) is 20.2. The molecule has 152 valence electrons. The molecule has 0 aliphatic rings. The average Bonchev–Trinajstić information content (AvgIpc) is 3.14. The van der Waals surface area contributed by atoms with Gasteiger partial charge in [-0.05, 0) is 18.2 Å². The zero-order valence-electron chi connectivity index (χ0n) is 16.1. The number of nitrogens with one attached hydrogen (secondary N) is 1. The molecule has 2 aromatic heterocycles. The minimum absolute atomic E-state index is 0.203. The Kier molecular flexibility index (Phi) is 5.74. The summed E-state index contributed by atoms with van der Waals surface area (Å²) in [7, 11) is 5.77. The second-order valence-corrected chi connectivity index (χ2v) is 6.87. The minimum Gasteiger partial charge on any atom is -0.493 e. The fourth-order valence-corrected chi connectivity index (χ4v) is 3.53. The minimum atomic E-state index is -0.800. The van der Waals surface area contributed by atoms with E-state index in [9.17, 15) is 14.4 Å². The number of rotatable bonds is 5. The Hall–Kier alpha value is -3.53. The molecule has 0 unspecified atom stereocenters. The quantitative estimate of drug-likeness (QED) is 0.633. The molecule has 3 aromatic rings. The fraction of sp³-hybridized carbons (Fsp3) is 0.211. The Bertz CT molecular complexity index is 1140. The van der Waals surface area contributed by atoms with Crippen molar-refractivity contribution in [2.75, 3.05) is 38.6 Å². The van der Waals surface area contributed by atoms with Crippen molar-refractivity contribution in [1.29, 1.82) is 0 Å². The number of benzene rings is 1. The molecule has 1 aromatic carbocycles. The lowest BCUT2D eigenvalue weighted by atomic mass is 10.2. The topological polar surface area (TPSA) is 107 Å². The van der Waals surface area contributed by atoms with Crippen LogP contribution in [0.5, 0.6) is 11.5 Å². The summed E-state index contributed by atoms with van der Waals surface area (Å²) in [6.07, 6.45) is 0. The predicted molar refractivity (Wildman–Crippen MR) is 109 cm³/mol. The Morgan fingerprint density at radius 3 is 2.45 bits per heavy atom. The molecule has 0 saturated carbocycles. The van der Waals surface area contributed by atoms with Crippen LogP contribution in [0.1, 0.15) is 10.4 Å². The highest BCUT2D eigenvalue weighted by atomic mass is 32.1. The van der Waals surface area contributed by atoms with E-state index in [0.717, 1.165) is 0 Å². The molecule has 0 spiro atoms. The summed E-state index contributed by atoms with van der Waals surface area (Å²) in [4.78, 5) is 37.6. The number of hydrogen-bond donors (Lipinski definition) is 1. The monoisotopic (exact) mass is 418 g/mol. The third kappa shape index (κ3) is 4.02. The third-order valence-corrected chi connectivity index (χ3v) is 5.23. The van der Waals surface area contributed by atoms with Crippen molar-refractivity contribution in [2.45, 2.75) is 0 Å². The van der Waals surface area contributed by atoms with Crippen molar-refractivity contribution in [3.63, 3.8) is 0 Å². The van der Waals surface area contributed by atoms with Gasteiger partial charge in [0.1, 0.15) is 10.6 Å². The highest BCUT2D eigenvalue weighted by Crippen LogP contribution is 2.33. The van der Waals surface area contributed by atoms with Crippen LogP contribution >= 0.6 is 11.3 Å². The highest BCUT2D eigenvalue weighted by molar-refractivity contribution is 7.22. The van der Waals surface area contributed by atoms with E-state index in [2.05, 4.69) is 10.1 Å². The molecule has 0 saturated heterocycles. The Morgan fingerprint density at radius 2 is 1.79 bits per heavy atom. The van der Waals surface area contributed by atoms with Crippen LogP contribution in [0, 0.1) is 0 Å². The highest BCUT2D eigenvalue weighted by Gasteiger charge is 2.19. The van der Waals surface area contributed by atoms with Gasteiger partial charge < -0.3 is 23.9 Å². The number of fused-ring (bicyclic) bond motifs is 1. The van der Waals surface area contributed by atoms with Crippen LogP contribution in [-0.2, 0) is 4.74 Å². The molecule has 0 bridgehead atoms. The molecule has 2 amide bonds. The fourth-order valence-electron chi connectivity index (χ4n) is 2.54. The van der Waals surface area contributed by atoms with Crippen molar-refractivity contribution in [2.24, 2.45) is 0 Å².